The van der Waals surface area contributed by atoms with Crippen molar-refractivity contribution in [2.45, 2.75) is 0 Å². The summed E-state index contributed by atoms with van der Waals surface area (Å²) in [6.07, 6.45) is 2.87. The van der Waals surface area contributed by atoms with Gasteiger partial charge in [-0.05, 0) is 30.3 Å². The second-order valence-electron chi connectivity index (χ2n) is 7.28. The van der Waals surface area contributed by atoms with Crippen molar-refractivity contribution in [2.75, 3.05) is 36.4 Å². The van der Waals surface area contributed by atoms with Crippen molar-refractivity contribution in [1.82, 2.24) is 15.3 Å². The Hall–Kier alpha value is -3.42. The van der Waals surface area contributed by atoms with Gasteiger partial charge in [-0.2, -0.15) is 4.98 Å². The number of hydrogen-bond acceptors (Lipinski definition) is 7. The standard InChI is InChI=1S/C23H20ClN5O2/c24-20-4-2-1-3-17(20)19-14-31-22-18(21(19)30)13-26-23(28-22)27-15-5-7-16(8-6-15)29-11-9-25-10-12-29/h1-8,13-14,25H,9-12H2,(H,26,27,28). The minimum atomic E-state index is -0.221. The van der Waals surface area contributed by atoms with Crippen molar-refractivity contribution < 1.29 is 4.42 Å². The van der Waals surface area contributed by atoms with Gasteiger partial charge in [-0.15, -0.1) is 0 Å². The molecule has 4 aromatic rings. The first-order valence-corrected chi connectivity index (χ1v) is 10.4. The van der Waals surface area contributed by atoms with Gasteiger partial charge in [-0.1, -0.05) is 29.8 Å². The molecule has 156 valence electrons. The number of piperazine rings is 1. The molecule has 8 heteroatoms. The topological polar surface area (TPSA) is 83.3 Å². The summed E-state index contributed by atoms with van der Waals surface area (Å²) in [6, 6.07) is 15.3. The van der Waals surface area contributed by atoms with Crippen LogP contribution in [0.3, 0.4) is 0 Å². The summed E-state index contributed by atoms with van der Waals surface area (Å²) in [5, 5.41) is 7.31. The Balaban J connectivity index is 1.39. The minimum absolute atomic E-state index is 0.218. The molecule has 1 fully saturated rings. The number of anilines is 3. The molecule has 2 aromatic carbocycles. The maximum Gasteiger partial charge on any atom is 0.234 e. The first-order chi connectivity index (χ1) is 15.2. The van der Waals surface area contributed by atoms with Gasteiger partial charge in [0, 0.05) is 54.3 Å². The predicted octanol–water partition coefficient (Wildman–Crippen LogP) is 4.06. The maximum absolute atomic E-state index is 12.9. The van der Waals surface area contributed by atoms with Crippen molar-refractivity contribution >= 4 is 40.0 Å². The molecular formula is C23H20ClN5O2. The van der Waals surface area contributed by atoms with Gasteiger partial charge < -0.3 is 20.0 Å². The molecule has 3 heterocycles. The number of rotatable bonds is 4. The second-order valence-corrected chi connectivity index (χ2v) is 7.69. The lowest BCUT2D eigenvalue weighted by molar-refractivity contribution is 0.589. The largest absolute Gasteiger partial charge is 0.445 e. The highest BCUT2D eigenvalue weighted by Crippen LogP contribution is 2.27. The number of nitrogens with zero attached hydrogens (tertiary/aromatic N) is 3. The number of benzene rings is 2. The van der Waals surface area contributed by atoms with Crippen molar-refractivity contribution in [3.63, 3.8) is 0 Å². The van der Waals surface area contributed by atoms with Crippen LogP contribution in [0.1, 0.15) is 0 Å². The van der Waals surface area contributed by atoms with Crippen molar-refractivity contribution in [3.05, 3.63) is 76.2 Å². The number of aromatic nitrogens is 2. The van der Waals surface area contributed by atoms with E-state index in [1.807, 2.05) is 24.3 Å². The third-order valence-electron chi connectivity index (χ3n) is 5.30. The molecule has 1 aliphatic heterocycles. The molecule has 0 bridgehead atoms. The van der Waals surface area contributed by atoms with Crippen LogP contribution in [0.5, 0.6) is 0 Å². The normalized spacial score (nSPS) is 14.0. The second kappa shape index (κ2) is 8.37. The third kappa shape index (κ3) is 3.97. The summed E-state index contributed by atoms with van der Waals surface area (Å²) in [5.41, 5.74) is 3.03. The Morgan fingerprint density at radius 3 is 2.58 bits per heavy atom. The van der Waals surface area contributed by atoms with E-state index in [4.69, 9.17) is 16.0 Å². The highest BCUT2D eigenvalue weighted by molar-refractivity contribution is 6.33. The van der Waals surface area contributed by atoms with Crippen LogP contribution >= 0.6 is 11.6 Å². The zero-order chi connectivity index (χ0) is 21.2. The van der Waals surface area contributed by atoms with Crippen molar-refractivity contribution in [1.29, 1.82) is 0 Å². The summed E-state index contributed by atoms with van der Waals surface area (Å²) in [7, 11) is 0. The molecular weight excluding hydrogens is 414 g/mol. The van der Waals surface area contributed by atoms with E-state index >= 15 is 0 Å². The molecule has 7 nitrogen and oxygen atoms in total. The molecule has 0 spiro atoms. The molecule has 0 radical (unpaired) electrons. The molecule has 0 unspecified atom stereocenters. The molecule has 0 amide bonds. The Morgan fingerprint density at radius 2 is 1.81 bits per heavy atom. The molecule has 2 N–H and O–H groups in total. The Bertz CT molecular complexity index is 1280. The highest BCUT2D eigenvalue weighted by Gasteiger charge is 2.14. The lowest BCUT2D eigenvalue weighted by Crippen LogP contribution is -2.43. The van der Waals surface area contributed by atoms with Crippen LogP contribution < -0.4 is 21.0 Å². The highest BCUT2D eigenvalue weighted by atomic mass is 35.5. The van der Waals surface area contributed by atoms with Gasteiger partial charge in [0.1, 0.15) is 11.6 Å². The van der Waals surface area contributed by atoms with Gasteiger partial charge in [0.05, 0.1) is 5.56 Å². The zero-order valence-corrected chi connectivity index (χ0v) is 17.4. The average molecular weight is 434 g/mol. The van der Waals surface area contributed by atoms with E-state index in [9.17, 15) is 4.79 Å². The number of fused-ring (bicyclic) bond motifs is 1. The van der Waals surface area contributed by atoms with E-state index in [1.165, 1.54) is 18.1 Å². The lowest BCUT2D eigenvalue weighted by atomic mass is 10.1. The molecule has 2 aromatic heterocycles. The summed E-state index contributed by atoms with van der Waals surface area (Å²) in [5.74, 6) is 0.357. The van der Waals surface area contributed by atoms with Crippen LogP contribution in [-0.2, 0) is 0 Å². The number of nitrogens with one attached hydrogen (secondary N) is 2. The average Bonchev–Trinajstić information content (AvgIpc) is 2.81. The molecule has 5 rings (SSSR count). The first kappa shape index (κ1) is 19.5. The zero-order valence-electron chi connectivity index (χ0n) is 16.6. The minimum Gasteiger partial charge on any atom is -0.445 e. The lowest BCUT2D eigenvalue weighted by Gasteiger charge is -2.29. The van der Waals surface area contributed by atoms with E-state index in [-0.39, 0.29) is 11.1 Å². The summed E-state index contributed by atoms with van der Waals surface area (Å²) >= 11 is 6.23. The maximum atomic E-state index is 12.9. The summed E-state index contributed by atoms with van der Waals surface area (Å²) in [4.78, 5) is 23.9. The molecule has 1 saturated heterocycles. The Kier molecular flexibility index (Phi) is 5.28. The Morgan fingerprint density at radius 1 is 1.03 bits per heavy atom. The monoisotopic (exact) mass is 433 g/mol. The summed E-state index contributed by atoms with van der Waals surface area (Å²) < 4.78 is 5.65. The molecule has 1 aliphatic rings. The molecule has 31 heavy (non-hydrogen) atoms. The quantitative estimate of drug-likeness (QED) is 0.502. The molecule has 0 saturated carbocycles. The third-order valence-corrected chi connectivity index (χ3v) is 5.63. The van der Waals surface area contributed by atoms with Gasteiger partial charge >= 0.3 is 0 Å². The van der Waals surface area contributed by atoms with Gasteiger partial charge in [-0.25, -0.2) is 4.98 Å². The van der Waals surface area contributed by atoms with E-state index in [0.29, 0.717) is 27.5 Å². The van der Waals surface area contributed by atoms with Crippen LogP contribution in [0.4, 0.5) is 17.3 Å². The van der Waals surface area contributed by atoms with Crippen molar-refractivity contribution in [2.24, 2.45) is 0 Å². The van der Waals surface area contributed by atoms with Crippen LogP contribution in [0, 0.1) is 0 Å². The van der Waals surface area contributed by atoms with Crippen LogP contribution in [0.15, 0.2) is 70.2 Å². The fourth-order valence-electron chi connectivity index (χ4n) is 3.66. The predicted molar refractivity (Wildman–Crippen MR) is 123 cm³/mol. The fraction of sp³-hybridized carbons (Fsp3) is 0.174. The van der Waals surface area contributed by atoms with Gasteiger partial charge in [0.2, 0.25) is 17.1 Å². The summed E-state index contributed by atoms with van der Waals surface area (Å²) in [6.45, 7) is 3.98. The van der Waals surface area contributed by atoms with Crippen LogP contribution in [0.2, 0.25) is 5.02 Å². The van der Waals surface area contributed by atoms with Crippen LogP contribution in [-0.4, -0.2) is 36.1 Å². The van der Waals surface area contributed by atoms with Gasteiger partial charge in [0.25, 0.3) is 0 Å². The van der Waals surface area contributed by atoms with E-state index < -0.39 is 0 Å². The first-order valence-electron chi connectivity index (χ1n) is 10.1. The molecule has 0 atom stereocenters. The fourth-order valence-corrected chi connectivity index (χ4v) is 3.90. The van der Waals surface area contributed by atoms with Gasteiger partial charge in [0.15, 0.2) is 0 Å². The van der Waals surface area contributed by atoms with E-state index in [1.54, 1.807) is 12.1 Å². The Labute approximate surface area is 183 Å². The molecule has 0 aliphatic carbocycles. The van der Waals surface area contributed by atoms with Gasteiger partial charge in [-0.3, -0.25) is 4.79 Å². The number of halogens is 1. The van der Waals surface area contributed by atoms with Crippen molar-refractivity contribution in [3.8, 4) is 11.1 Å². The number of hydrogen-bond donors (Lipinski definition) is 2. The smallest absolute Gasteiger partial charge is 0.234 e. The van der Waals surface area contributed by atoms with Crippen LogP contribution in [0.25, 0.3) is 22.2 Å². The van der Waals surface area contributed by atoms with E-state index in [0.717, 1.165) is 31.9 Å². The van der Waals surface area contributed by atoms with E-state index in [2.05, 4.69) is 37.6 Å². The SMILES string of the molecule is O=c1c(-c2ccccc2Cl)coc2nc(Nc3ccc(N4CCNCC4)cc3)ncc12.